The molecule has 0 saturated heterocycles. The fourth-order valence-corrected chi connectivity index (χ4v) is 2.85. The Morgan fingerprint density at radius 3 is 2.82 bits per heavy atom. The highest BCUT2D eigenvalue weighted by atomic mass is 79.9. The zero-order chi connectivity index (χ0) is 15.9. The second kappa shape index (κ2) is 8.48. The van der Waals surface area contributed by atoms with Gasteiger partial charge in [-0.15, -0.1) is 0 Å². The van der Waals surface area contributed by atoms with Crippen LogP contribution < -0.4 is 10.5 Å². The lowest BCUT2D eigenvalue weighted by Gasteiger charge is -2.14. The maximum Gasteiger partial charge on any atom is 0.125 e. The number of hydrogen-bond acceptors (Lipinski definition) is 4. The van der Waals surface area contributed by atoms with E-state index in [2.05, 4.69) is 15.9 Å². The molecule has 0 spiro atoms. The Hall–Kier alpha value is -1.14. The van der Waals surface area contributed by atoms with Crippen LogP contribution in [0.15, 0.2) is 34.8 Å². The summed E-state index contributed by atoms with van der Waals surface area (Å²) in [6.07, 6.45) is 1.70. The fraction of sp³-hybridized carbons (Fsp3) is 0.412. The second-order valence-corrected chi connectivity index (χ2v) is 6.19. The summed E-state index contributed by atoms with van der Waals surface area (Å²) >= 11 is 3.46. The number of methoxy groups -OCH3 is 1. The minimum absolute atomic E-state index is 0.0415. The quantitative estimate of drug-likeness (QED) is 0.703. The van der Waals surface area contributed by atoms with Crippen molar-refractivity contribution < 1.29 is 14.6 Å². The van der Waals surface area contributed by atoms with Gasteiger partial charge in [0.05, 0.1) is 19.8 Å². The summed E-state index contributed by atoms with van der Waals surface area (Å²) in [4.78, 5) is 0. The van der Waals surface area contributed by atoms with Gasteiger partial charge in [-0.05, 0) is 41.8 Å². The first-order valence-electron chi connectivity index (χ1n) is 7.35. The molecule has 0 saturated carbocycles. The summed E-state index contributed by atoms with van der Waals surface area (Å²) < 4.78 is 11.9. The monoisotopic (exact) mass is 367 g/mol. The number of nitrogens with two attached hydrogens (primary N) is 1. The van der Waals surface area contributed by atoms with Crippen LogP contribution >= 0.6 is 15.9 Å². The summed E-state index contributed by atoms with van der Waals surface area (Å²) in [5.41, 5.74) is 6.71. The fourth-order valence-electron chi connectivity index (χ4n) is 2.47. The first-order valence-corrected chi connectivity index (χ1v) is 8.14. The Bertz CT molecular complexity index is 618. The normalized spacial score (nSPS) is 12.5. The highest BCUT2D eigenvalue weighted by molar-refractivity contribution is 9.10. The summed E-state index contributed by atoms with van der Waals surface area (Å²) in [7, 11) is 1.65. The van der Waals surface area contributed by atoms with E-state index >= 15 is 0 Å². The molecule has 2 aromatic carbocycles. The standard InChI is InChI=1S/C17H22BrNO3/c1-21-11-14(19)3-2-8-22-17-7-4-12-9-13(18)5-6-15(12)16(17)10-20/h4-7,9,14,20H,2-3,8,10-11,19H2,1H3/t14-/m1/s1. The lowest BCUT2D eigenvalue weighted by molar-refractivity contribution is 0.172. The van der Waals surface area contributed by atoms with E-state index in [9.17, 15) is 5.11 Å². The molecule has 120 valence electrons. The number of aliphatic hydroxyl groups excluding tert-OH is 1. The van der Waals surface area contributed by atoms with Crippen molar-refractivity contribution in [3.8, 4) is 5.75 Å². The van der Waals surface area contributed by atoms with Crippen molar-refractivity contribution in [1.82, 2.24) is 0 Å². The first kappa shape index (κ1) is 17.2. The van der Waals surface area contributed by atoms with Crippen molar-refractivity contribution >= 4 is 26.7 Å². The predicted octanol–water partition coefficient (Wildman–Crippen LogP) is 3.23. The lowest BCUT2D eigenvalue weighted by atomic mass is 10.0. The van der Waals surface area contributed by atoms with E-state index in [1.54, 1.807) is 7.11 Å². The average molecular weight is 368 g/mol. The molecule has 2 rings (SSSR count). The van der Waals surface area contributed by atoms with E-state index in [0.29, 0.717) is 13.2 Å². The van der Waals surface area contributed by atoms with E-state index in [1.165, 1.54) is 0 Å². The predicted molar refractivity (Wildman–Crippen MR) is 92.2 cm³/mol. The number of hydrogen-bond donors (Lipinski definition) is 2. The average Bonchev–Trinajstić information content (AvgIpc) is 2.51. The molecular formula is C17H22BrNO3. The number of halogens is 1. The zero-order valence-electron chi connectivity index (χ0n) is 12.7. The molecule has 2 aromatic rings. The van der Waals surface area contributed by atoms with Gasteiger partial charge in [0.2, 0.25) is 0 Å². The SMILES string of the molecule is COC[C@H](N)CCCOc1ccc2cc(Br)ccc2c1CO. The largest absolute Gasteiger partial charge is 0.493 e. The second-order valence-electron chi connectivity index (χ2n) is 5.27. The van der Waals surface area contributed by atoms with Gasteiger partial charge < -0.3 is 20.3 Å². The van der Waals surface area contributed by atoms with Crippen LogP contribution in [0, 0.1) is 0 Å². The smallest absolute Gasteiger partial charge is 0.125 e. The topological polar surface area (TPSA) is 64.7 Å². The van der Waals surface area contributed by atoms with E-state index < -0.39 is 0 Å². The molecule has 0 radical (unpaired) electrons. The number of fused-ring (bicyclic) bond motifs is 1. The van der Waals surface area contributed by atoms with Crippen LogP contribution in [-0.4, -0.2) is 31.5 Å². The first-order chi connectivity index (χ1) is 10.7. The number of ether oxygens (including phenoxy) is 2. The van der Waals surface area contributed by atoms with Crippen molar-refractivity contribution in [3.05, 3.63) is 40.4 Å². The van der Waals surface area contributed by atoms with E-state index in [-0.39, 0.29) is 12.6 Å². The molecule has 0 heterocycles. The molecule has 0 aliphatic carbocycles. The third kappa shape index (κ3) is 4.43. The van der Waals surface area contributed by atoms with E-state index in [4.69, 9.17) is 15.2 Å². The molecule has 22 heavy (non-hydrogen) atoms. The Kier molecular flexibility index (Phi) is 6.64. The van der Waals surface area contributed by atoms with Gasteiger partial charge in [-0.25, -0.2) is 0 Å². The van der Waals surface area contributed by atoms with Crippen molar-refractivity contribution in [3.63, 3.8) is 0 Å². The summed E-state index contributed by atoms with van der Waals surface area (Å²) in [6.45, 7) is 1.09. The van der Waals surface area contributed by atoms with Crippen molar-refractivity contribution in [1.29, 1.82) is 0 Å². The third-order valence-electron chi connectivity index (χ3n) is 3.57. The minimum atomic E-state index is -0.0442. The van der Waals surface area contributed by atoms with Crippen LogP contribution in [0.5, 0.6) is 5.75 Å². The highest BCUT2D eigenvalue weighted by Crippen LogP contribution is 2.30. The maximum atomic E-state index is 9.67. The van der Waals surface area contributed by atoms with E-state index in [0.717, 1.165) is 39.4 Å². The zero-order valence-corrected chi connectivity index (χ0v) is 14.3. The van der Waals surface area contributed by atoms with Gasteiger partial charge in [-0.3, -0.25) is 0 Å². The van der Waals surface area contributed by atoms with Gasteiger partial charge in [-0.1, -0.05) is 28.1 Å². The Morgan fingerprint density at radius 2 is 2.09 bits per heavy atom. The maximum absolute atomic E-state index is 9.67. The van der Waals surface area contributed by atoms with Crippen LogP contribution in [0.25, 0.3) is 10.8 Å². The molecular weight excluding hydrogens is 346 g/mol. The minimum Gasteiger partial charge on any atom is -0.493 e. The molecule has 4 nitrogen and oxygen atoms in total. The van der Waals surface area contributed by atoms with Crippen LogP contribution in [-0.2, 0) is 11.3 Å². The van der Waals surface area contributed by atoms with E-state index in [1.807, 2.05) is 30.3 Å². The molecule has 0 amide bonds. The molecule has 0 aliphatic heterocycles. The van der Waals surface area contributed by atoms with Crippen LogP contribution in [0.3, 0.4) is 0 Å². The Morgan fingerprint density at radius 1 is 1.27 bits per heavy atom. The van der Waals surface area contributed by atoms with Crippen LogP contribution in [0.2, 0.25) is 0 Å². The molecule has 0 fully saturated rings. The Labute approximate surface area is 139 Å². The van der Waals surface area contributed by atoms with Gasteiger partial charge in [0, 0.05) is 23.2 Å². The Balaban J connectivity index is 2.03. The van der Waals surface area contributed by atoms with Gasteiger partial charge >= 0.3 is 0 Å². The molecule has 5 heteroatoms. The summed E-state index contributed by atoms with van der Waals surface area (Å²) in [6, 6.07) is 9.95. The molecule has 3 N–H and O–H groups in total. The summed E-state index contributed by atoms with van der Waals surface area (Å²) in [5, 5.41) is 11.8. The van der Waals surface area contributed by atoms with Crippen molar-refractivity contribution in [2.24, 2.45) is 5.73 Å². The molecule has 0 bridgehead atoms. The third-order valence-corrected chi connectivity index (χ3v) is 4.06. The van der Waals surface area contributed by atoms with Crippen LogP contribution in [0.4, 0.5) is 0 Å². The van der Waals surface area contributed by atoms with Crippen molar-refractivity contribution in [2.45, 2.75) is 25.5 Å². The number of benzene rings is 2. The van der Waals surface area contributed by atoms with Gasteiger partial charge in [0.1, 0.15) is 5.75 Å². The van der Waals surface area contributed by atoms with Gasteiger partial charge in [-0.2, -0.15) is 0 Å². The molecule has 0 aromatic heterocycles. The lowest BCUT2D eigenvalue weighted by Crippen LogP contribution is -2.25. The number of aliphatic hydroxyl groups is 1. The molecule has 1 atom stereocenters. The molecule has 0 unspecified atom stereocenters. The highest BCUT2D eigenvalue weighted by Gasteiger charge is 2.09. The van der Waals surface area contributed by atoms with Gasteiger partial charge in [0.25, 0.3) is 0 Å². The molecule has 0 aliphatic rings. The summed E-state index contributed by atoms with van der Waals surface area (Å²) in [5.74, 6) is 0.734. The van der Waals surface area contributed by atoms with Crippen molar-refractivity contribution in [2.75, 3.05) is 20.3 Å². The number of rotatable bonds is 8. The van der Waals surface area contributed by atoms with Gasteiger partial charge in [0.15, 0.2) is 0 Å². The van der Waals surface area contributed by atoms with Crippen LogP contribution in [0.1, 0.15) is 18.4 Å².